The van der Waals surface area contributed by atoms with E-state index in [2.05, 4.69) is 461 Å². The summed E-state index contributed by atoms with van der Waals surface area (Å²) in [6.45, 7) is 0. The fraction of sp³-hybridized carbons (Fsp3) is 0. The first kappa shape index (κ1) is 68.9. The van der Waals surface area contributed by atoms with E-state index in [0.717, 1.165) is 0 Å². The van der Waals surface area contributed by atoms with E-state index in [1.165, 1.54) is 220 Å². The van der Waals surface area contributed by atoms with Crippen LogP contribution in [-0.4, -0.2) is 0 Å². The van der Waals surface area contributed by atoms with Crippen LogP contribution < -0.4 is 0 Å². The average Bonchev–Trinajstić information content (AvgIpc) is 0.747. The minimum Gasteiger partial charge on any atom is -0.0622 e. The highest BCUT2D eigenvalue weighted by molar-refractivity contribution is 6.26. The topological polar surface area (TPSA) is 0 Å². The predicted molar refractivity (Wildman–Crippen MR) is 498 cm³/mol. The molecule has 0 radical (unpaired) electrons. The maximum absolute atomic E-state index is 2.42. The molecule has 0 fully saturated rings. The van der Waals surface area contributed by atoms with E-state index in [-0.39, 0.29) is 0 Å². The van der Waals surface area contributed by atoms with Crippen molar-refractivity contribution in [2.24, 2.45) is 0 Å². The highest BCUT2D eigenvalue weighted by Gasteiger charge is 2.24. The summed E-state index contributed by atoms with van der Waals surface area (Å²) < 4.78 is 0. The van der Waals surface area contributed by atoms with Crippen molar-refractivity contribution >= 4 is 86.2 Å². The van der Waals surface area contributed by atoms with Crippen molar-refractivity contribution in [3.8, 4) is 134 Å². The van der Waals surface area contributed by atoms with Crippen LogP contribution in [0.1, 0.15) is 0 Å². The van der Waals surface area contributed by atoms with Gasteiger partial charge in [-0.2, -0.15) is 0 Å². The van der Waals surface area contributed by atoms with Gasteiger partial charge >= 0.3 is 0 Å². The van der Waals surface area contributed by atoms with Crippen molar-refractivity contribution in [2.45, 2.75) is 0 Å². The Morgan fingerprint density at radius 1 is 0.0690 bits per heavy atom. The summed E-state index contributed by atoms with van der Waals surface area (Å²) in [5, 5.41) is 20.2. The van der Waals surface area contributed by atoms with Crippen molar-refractivity contribution in [1.82, 2.24) is 0 Å². The molecule has 0 spiro atoms. The lowest BCUT2D eigenvalue weighted by Gasteiger charge is -2.19. The number of rotatable bonds is 12. The first-order valence-corrected chi connectivity index (χ1v) is 40.2. The molecular weight excluding hydrogens is 1390 g/mol. The van der Waals surface area contributed by atoms with Gasteiger partial charge in [0, 0.05) is 0 Å². The fourth-order valence-electron chi connectivity index (χ4n) is 18.5. The zero-order valence-electron chi connectivity index (χ0n) is 63.9. The highest BCUT2D eigenvalue weighted by atomic mass is 14.3. The smallest absolute Gasteiger partial charge is 0.00262 e. The van der Waals surface area contributed by atoms with Gasteiger partial charge in [0.25, 0.3) is 0 Å². The molecule has 0 aromatic heterocycles. The normalized spacial score (nSPS) is 11.4. The van der Waals surface area contributed by atoms with Crippen LogP contribution >= 0.6 is 0 Å². The lowest BCUT2D eigenvalue weighted by Crippen LogP contribution is -1.92. The van der Waals surface area contributed by atoms with Crippen LogP contribution in [-0.2, 0) is 0 Å². The van der Waals surface area contributed by atoms with Crippen LogP contribution in [0.25, 0.3) is 220 Å². The molecule has 0 bridgehead atoms. The number of hydrogen-bond acceptors (Lipinski definition) is 0. The lowest BCUT2D eigenvalue weighted by atomic mass is 9.84. The molecule has 22 rings (SSSR count). The summed E-state index contributed by atoms with van der Waals surface area (Å²) in [6.07, 6.45) is 0. The standard InChI is InChI=1S/2C58H38/c1-5-18-39(19-6-1)55-47-28-13-15-30-49(47)57(41-22-9-3-10-23-41)53-37-45(32-34-51(53)55)43-26-17-27-44(36-43)46-33-35-52-54(38-46)58(42-24-11-4-12-25-42)50-31-16-14-29-48(50)56(52)40-20-7-2-8-21-40;1-5-17-41(18-6-1)55-47-25-13-15-27-49(47)57(43-21-9-3-10-22-43)53-37-45(33-35-51(53)55)39-29-31-40(32-30-39)46-34-36-52-54(38-46)58(44-23-11-4-12-24-44)50-28-16-14-26-48(50)56(52)42-19-7-2-8-20-42/h2*1-38H. The molecule has 0 amide bonds. The monoisotopic (exact) mass is 1470 g/mol. The maximum Gasteiger partial charge on any atom is -0.00262 e. The Kier molecular flexibility index (Phi) is 17.7. The Bertz CT molecular complexity index is 7020. The highest BCUT2D eigenvalue weighted by Crippen LogP contribution is 2.51. The van der Waals surface area contributed by atoms with Crippen LogP contribution in [0.2, 0.25) is 0 Å². The molecule has 0 heteroatoms. The van der Waals surface area contributed by atoms with E-state index in [0.29, 0.717) is 0 Å². The maximum atomic E-state index is 2.42. The molecule has 0 aliphatic rings. The molecule has 0 nitrogen and oxygen atoms in total. The van der Waals surface area contributed by atoms with Gasteiger partial charge in [0.15, 0.2) is 0 Å². The van der Waals surface area contributed by atoms with Gasteiger partial charge in [-0.25, -0.2) is 0 Å². The SMILES string of the molecule is c1ccc(-c2c3ccccc3c(-c3ccccc3)c3cc(-c4ccc(-c5ccc6c(-c7ccccc7)c7ccccc7c(-c7ccccc7)c6c5)cc4)ccc23)cc1.c1ccc(-c2c3ccccc3c(-c3ccccc3)c3cc(-c4cccc(-c5ccc6c(-c7ccccc7)c7ccccc7c(-c7ccccc7)c6c5)c4)ccc23)cc1. The van der Waals surface area contributed by atoms with Crippen LogP contribution in [0, 0.1) is 0 Å². The van der Waals surface area contributed by atoms with Crippen LogP contribution in [0.3, 0.4) is 0 Å². The molecule has 0 heterocycles. The lowest BCUT2D eigenvalue weighted by molar-refractivity contribution is 1.60. The molecule has 0 saturated heterocycles. The molecule has 0 aliphatic carbocycles. The van der Waals surface area contributed by atoms with Gasteiger partial charge in [-0.05, 0) is 250 Å². The number of benzene rings is 22. The minimum atomic E-state index is 1.19. The summed E-state index contributed by atoms with van der Waals surface area (Å²) in [6, 6.07) is 169. The first-order chi connectivity index (χ1) is 57.6. The summed E-state index contributed by atoms with van der Waals surface area (Å²) >= 11 is 0. The summed E-state index contributed by atoms with van der Waals surface area (Å²) in [7, 11) is 0. The second-order valence-electron chi connectivity index (χ2n) is 30.3. The number of hydrogen-bond donors (Lipinski definition) is 0. The molecule has 22 aromatic rings. The number of fused-ring (bicyclic) bond motifs is 8. The van der Waals surface area contributed by atoms with Gasteiger partial charge in [-0.3, -0.25) is 0 Å². The van der Waals surface area contributed by atoms with Gasteiger partial charge in [-0.1, -0.05) is 431 Å². The molecule has 0 N–H and O–H groups in total. The molecule has 22 aromatic carbocycles. The van der Waals surface area contributed by atoms with Crippen molar-refractivity contribution in [3.63, 3.8) is 0 Å². The third-order valence-corrected chi connectivity index (χ3v) is 23.7. The third kappa shape index (κ3) is 12.4. The predicted octanol–water partition coefficient (Wildman–Crippen LogP) is 32.6. The minimum absolute atomic E-state index is 1.19. The van der Waals surface area contributed by atoms with Crippen molar-refractivity contribution < 1.29 is 0 Å². The zero-order valence-corrected chi connectivity index (χ0v) is 63.9. The van der Waals surface area contributed by atoms with Crippen molar-refractivity contribution in [2.75, 3.05) is 0 Å². The van der Waals surface area contributed by atoms with E-state index in [1.807, 2.05) is 0 Å². The Hall–Kier alpha value is -15.1. The van der Waals surface area contributed by atoms with Gasteiger partial charge < -0.3 is 0 Å². The van der Waals surface area contributed by atoms with E-state index < -0.39 is 0 Å². The first-order valence-electron chi connectivity index (χ1n) is 40.2. The fourth-order valence-corrected chi connectivity index (χ4v) is 18.5. The Morgan fingerprint density at radius 2 is 0.198 bits per heavy atom. The molecular formula is C116H76. The largest absolute Gasteiger partial charge is 0.0622 e. The molecule has 0 aliphatic heterocycles. The van der Waals surface area contributed by atoms with Gasteiger partial charge in [0.05, 0.1) is 0 Å². The van der Waals surface area contributed by atoms with Crippen molar-refractivity contribution in [1.29, 1.82) is 0 Å². The molecule has 0 saturated carbocycles. The second-order valence-corrected chi connectivity index (χ2v) is 30.3. The second kappa shape index (κ2) is 29.9. The average molecular weight is 1470 g/mol. The van der Waals surface area contributed by atoms with E-state index in [1.54, 1.807) is 0 Å². The van der Waals surface area contributed by atoms with Crippen LogP contribution in [0.4, 0.5) is 0 Å². The van der Waals surface area contributed by atoms with Gasteiger partial charge in [-0.15, -0.1) is 0 Å². The van der Waals surface area contributed by atoms with E-state index in [4.69, 9.17) is 0 Å². The van der Waals surface area contributed by atoms with E-state index >= 15 is 0 Å². The molecule has 540 valence electrons. The van der Waals surface area contributed by atoms with Crippen LogP contribution in [0.15, 0.2) is 461 Å². The Balaban J connectivity index is 0.000000145. The molecule has 0 atom stereocenters. The quantitative estimate of drug-likeness (QED) is 0.107. The van der Waals surface area contributed by atoms with Gasteiger partial charge in [0.2, 0.25) is 0 Å². The summed E-state index contributed by atoms with van der Waals surface area (Å²) in [5.41, 5.74) is 29.6. The van der Waals surface area contributed by atoms with Crippen molar-refractivity contribution in [3.05, 3.63) is 461 Å². The van der Waals surface area contributed by atoms with Crippen LogP contribution in [0.5, 0.6) is 0 Å². The summed E-state index contributed by atoms with van der Waals surface area (Å²) in [5.74, 6) is 0. The Morgan fingerprint density at radius 3 is 0.388 bits per heavy atom. The summed E-state index contributed by atoms with van der Waals surface area (Å²) in [4.78, 5) is 0. The third-order valence-electron chi connectivity index (χ3n) is 23.7. The Labute approximate surface area is 676 Å². The molecule has 0 unspecified atom stereocenters. The molecule has 116 heavy (non-hydrogen) atoms. The van der Waals surface area contributed by atoms with E-state index in [9.17, 15) is 0 Å². The van der Waals surface area contributed by atoms with Gasteiger partial charge in [0.1, 0.15) is 0 Å². The zero-order chi connectivity index (χ0) is 76.8.